The highest BCUT2D eigenvalue weighted by atomic mass is 16.3. The van der Waals surface area contributed by atoms with Gasteiger partial charge in [0.15, 0.2) is 0 Å². The van der Waals surface area contributed by atoms with Gasteiger partial charge in [-0.2, -0.15) is 5.10 Å². The molecule has 3 nitrogen and oxygen atoms in total. The molecule has 1 aromatic heterocycles. The predicted molar refractivity (Wildman–Crippen MR) is 88.0 cm³/mol. The van der Waals surface area contributed by atoms with Crippen molar-refractivity contribution in [2.24, 2.45) is 5.10 Å². The Hall–Kier alpha value is -2.55. The Balaban J connectivity index is 1.91. The first-order valence-corrected chi connectivity index (χ1v) is 7.14. The van der Waals surface area contributed by atoms with Crippen LogP contribution in [-0.2, 0) is 6.42 Å². The van der Waals surface area contributed by atoms with E-state index in [-0.39, 0.29) is 0 Å². The first kappa shape index (κ1) is 13.4. The van der Waals surface area contributed by atoms with Gasteiger partial charge in [-0.05, 0) is 24.6 Å². The third-order valence-corrected chi connectivity index (χ3v) is 3.56. The largest absolute Gasteiger partial charge is 0.460 e. The second-order valence-electron chi connectivity index (χ2n) is 4.97. The zero-order valence-corrected chi connectivity index (χ0v) is 12.3. The molecule has 0 fully saturated rings. The highest BCUT2D eigenvalue weighted by Crippen LogP contribution is 2.24. The number of aryl methyl sites for hydroxylation is 2. The van der Waals surface area contributed by atoms with Gasteiger partial charge >= 0.3 is 0 Å². The molecule has 2 aromatic carbocycles. The van der Waals surface area contributed by atoms with E-state index < -0.39 is 0 Å². The van der Waals surface area contributed by atoms with E-state index in [2.05, 4.69) is 36.5 Å². The molecule has 3 aromatic rings. The number of anilines is 1. The van der Waals surface area contributed by atoms with Gasteiger partial charge < -0.3 is 4.42 Å². The molecule has 3 rings (SSSR count). The minimum Gasteiger partial charge on any atom is -0.460 e. The van der Waals surface area contributed by atoms with E-state index in [1.807, 2.05) is 42.6 Å². The molecule has 21 heavy (non-hydrogen) atoms. The van der Waals surface area contributed by atoms with Gasteiger partial charge in [-0.15, -0.1) is 0 Å². The molecule has 0 saturated heterocycles. The Kier molecular flexibility index (Phi) is 3.73. The fourth-order valence-electron chi connectivity index (χ4n) is 2.38. The number of fused-ring (bicyclic) bond motifs is 1. The highest BCUT2D eigenvalue weighted by Gasteiger charge is 2.10. The van der Waals surface area contributed by atoms with Crippen molar-refractivity contribution in [3.8, 4) is 0 Å². The SMILES string of the molecule is CCc1oc2ccccc2c1/C=N\Nc1ccccc1C. The van der Waals surface area contributed by atoms with Gasteiger partial charge in [0.1, 0.15) is 11.3 Å². The van der Waals surface area contributed by atoms with Crippen molar-refractivity contribution < 1.29 is 4.42 Å². The van der Waals surface area contributed by atoms with Gasteiger partial charge in [-0.25, -0.2) is 0 Å². The number of hydrogen-bond donors (Lipinski definition) is 1. The second kappa shape index (κ2) is 5.83. The summed E-state index contributed by atoms with van der Waals surface area (Å²) in [6.07, 6.45) is 2.69. The van der Waals surface area contributed by atoms with Crippen molar-refractivity contribution in [2.75, 3.05) is 5.43 Å². The van der Waals surface area contributed by atoms with Crippen molar-refractivity contribution in [1.82, 2.24) is 0 Å². The number of furan rings is 1. The maximum atomic E-state index is 5.86. The van der Waals surface area contributed by atoms with E-state index >= 15 is 0 Å². The molecule has 0 atom stereocenters. The number of rotatable bonds is 4. The van der Waals surface area contributed by atoms with Gasteiger partial charge in [0.05, 0.1) is 11.9 Å². The van der Waals surface area contributed by atoms with Crippen LogP contribution >= 0.6 is 0 Å². The minimum absolute atomic E-state index is 0.848. The van der Waals surface area contributed by atoms with Crippen molar-refractivity contribution in [2.45, 2.75) is 20.3 Å². The summed E-state index contributed by atoms with van der Waals surface area (Å²) in [6.45, 7) is 4.15. The summed E-state index contributed by atoms with van der Waals surface area (Å²) in [6, 6.07) is 16.1. The molecule has 0 amide bonds. The average Bonchev–Trinajstić information content (AvgIpc) is 2.87. The molecular formula is C18H18N2O. The maximum absolute atomic E-state index is 5.86. The maximum Gasteiger partial charge on any atom is 0.134 e. The van der Waals surface area contributed by atoms with E-state index in [4.69, 9.17) is 4.42 Å². The van der Waals surface area contributed by atoms with Gasteiger partial charge in [0.2, 0.25) is 0 Å². The lowest BCUT2D eigenvalue weighted by molar-refractivity contribution is 0.556. The lowest BCUT2D eigenvalue weighted by atomic mass is 10.1. The lowest BCUT2D eigenvalue weighted by Gasteiger charge is -2.03. The molecular weight excluding hydrogens is 260 g/mol. The smallest absolute Gasteiger partial charge is 0.134 e. The number of hydrogen-bond acceptors (Lipinski definition) is 3. The molecule has 0 radical (unpaired) electrons. The van der Waals surface area contributed by atoms with Crippen LogP contribution in [0, 0.1) is 6.92 Å². The molecule has 106 valence electrons. The Morgan fingerprint density at radius 1 is 1.10 bits per heavy atom. The molecule has 0 unspecified atom stereocenters. The zero-order chi connectivity index (χ0) is 14.7. The van der Waals surface area contributed by atoms with Crippen LogP contribution in [0.4, 0.5) is 5.69 Å². The Morgan fingerprint density at radius 3 is 2.67 bits per heavy atom. The van der Waals surface area contributed by atoms with Crippen molar-refractivity contribution >= 4 is 22.9 Å². The first-order valence-electron chi connectivity index (χ1n) is 7.14. The third-order valence-electron chi connectivity index (χ3n) is 3.56. The van der Waals surface area contributed by atoms with E-state index in [1.165, 1.54) is 5.56 Å². The summed E-state index contributed by atoms with van der Waals surface area (Å²) < 4.78 is 5.86. The topological polar surface area (TPSA) is 37.5 Å². The second-order valence-corrected chi connectivity index (χ2v) is 4.97. The lowest BCUT2D eigenvalue weighted by Crippen LogP contribution is -1.94. The van der Waals surface area contributed by atoms with Gasteiger partial charge in [-0.1, -0.05) is 43.3 Å². The van der Waals surface area contributed by atoms with E-state index in [9.17, 15) is 0 Å². The number of benzene rings is 2. The summed E-state index contributed by atoms with van der Waals surface area (Å²) in [5, 5.41) is 5.47. The van der Waals surface area contributed by atoms with Crippen molar-refractivity contribution in [1.29, 1.82) is 0 Å². The molecule has 0 bridgehead atoms. The van der Waals surface area contributed by atoms with Crippen LogP contribution in [0.1, 0.15) is 23.8 Å². The fraction of sp³-hybridized carbons (Fsp3) is 0.167. The van der Waals surface area contributed by atoms with E-state index in [0.717, 1.165) is 34.4 Å². The van der Waals surface area contributed by atoms with Crippen LogP contribution in [0.3, 0.4) is 0 Å². The van der Waals surface area contributed by atoms with E-state index in [1.54, 1.807) is 0 Å². The molecule has 0 saturated carbocycles. The Bertz CT molecular complexity index is 787. The summed E-state index contributed by atoms with van der Waals surface area (Å²) in [4.78, 5) is 0. The first-order chi connectivity index (χ1) is 10.3. The third kappa shape index (κ3) is 2.68. The molecule has 1 N–H and O–H groups in total. The van der Waals surface area contributed by atoms with Gasteiger partial charge in [-0.3, -0.25) is 5.43 Å². The van der Waals surface area contributed by atoms with Crippen molar-refractivity contribution in [3.63, 3.8) is 0 Å². The molecule has 0 aliphatic carbocycles. The van der Waals surface area contributed by atoms with E-state index in [0.29, 0.717) is 0 Å². The average molecular weight is 278 g/mol. The predicted octanol–water partition coefficient (Wildman–Crippen LogP) is 4.75. The molecule has 0 spiro atoms. The van der Waals surface area contributed by atoms with Crippen LogP contribution in [0.15, 0.2) is 58.0 Å². The standard InChI is InChI=1S/C18H18N2O/c1-3-17-15(14-9-5-7-11-18(14)21-17)12-19-20-16-10-6-4-8-13(16)2/h4-12,20H,3H2,1-2H3/b19-12-. The highest BCUT2D eigenvalue weighted by molar-refractivity contribution is 5.99. The normalized spacial score (nSPS) is 11.3. The zero-order valence-electron chi connectivity index (χ0n) is 12.3. The summed E-state index contributed by atoms with van der Waals surface area (Å²) in [5.74, 6) is 0.964. The summed E-state index contributed by atoms with van der Waals surface area (Å²) >= 11 is 0. The Labute approximate surface area is 124 Å². The molecule has 1 heterocycles. The quantitative estimate of drug-likeness (QED) is 0.552. The van der Waals surface area contributed by atoms with Gasteiger partial charge in [0.25, 0.3) is 0 Å². The van der Waals surface area contributed by atoms with Crippen LogP contribution in [0.5, 0.6) is 0 Å². The van der Waals surface area contributed by atoms with Crippen LogP contribution < -0.4 is 5.43 Å². The van der Waals surface area contributed by atoms with Crippen LogP contribution in [-0.4, -0.2) is 6.21 Å². The number of hydrazone groups is 1. The summed E-state index contributed by atoms with van der Waals surface area (Å²) in [7, 11) is 0. The number of nitrogens with zero attached hydrogens (tertiary/aromatic N) is 1. The minimum atomic E-state index is 0.848. The molecule has 0 aliphatic heterocycles. The van der Waals surface area contributed by atoms with Crippen molar-refractivity contribution in [3.05, 3.63) is 65.4 Å². The Morgan fingerprint density at radius 2 is 1.86 bits per heavy atom. The molecule has 0 aliphatic rings. The fourth-order valence-corrected chi connectivity index (χ4v) is 2.38. The molecule has 3 heteroatoms. The monoisotopic (exact) mass is 278 g/mol. The number of nitrogens with one attached hydrogen (secondary N) is 1. The van der Waals surface area contributed by atoms with Gasteiger partial charge in [0, 0.05) is 17.4 Å². The van der Waals surface area contributed by atoms with Crippen LogP contribution in [0.25, 0.3) is 11.0 Å². The number of para-hydroxylation sites is 2. The van der Waals surface area contributed by atoms with Crippen LogP contribution in [0.2, 0.25) is 0 Å². The summed E-state index contributed by atoms with van der Waals surface area (Å²) in [5.41, 5.74) is 7.24.